The van der Waals surface area contributed by atoms with Crippen LogP contribution in [0.3, 0.4) is 0 Å². The lowest BCUT2D eigenvalue weighted by atomic mass is 9.87. The maximum atomic E-state index is 5.62. The van der Waals surface area contributed by atoms with Gasteiger partial charge >= 0.3 is 0 Å². The summed E-state index contributed by atoms with van der Waals surface area (Å²) in [6.07, 6.45) is 8.16. The van der Waals surface area contributed by atoms with Gasteiger partial charge in [0.05, 0.1) is 5.69 Å². The zero-order valence-electron chi connectivity index (χ0n) is 11.3. The molecule has 0 bridgehead atoms. The number of hydrogen-bond donors (Lipinski definition) is 1. The Kier molecular flexibility index (Phi) is 3.87. The van der Waals surface area contributed by atoms with Gasteiger partial charge in [0.15, 0.2) is 6.39 Å². The molecule has 1 aliphatic rings. The van der Waals surface area contributed by atoms with Gasteiger partial charge in [-0.2, -0.15) is 0 Å². The van der Waals surface area contributed by atoms with Crippen LogP contribution in [0.1, 0.15) is 70.2 Å². The van der Waals surface area contributed by atoms with E-state index < -0.39 is 0 Å². The van der Waals surface area contributed by atoms with E-state index in [2.05, 4.69) is 31.1 Å². The van der Waals surface area contributed by atoms with E-state index in [9.17, 15) is 0 Å². The SMILES string of the molecule is CC(C)(C)NCc1ncoc1C1CCCCC1. The third-order valence-electron chi connectivity index (χ3n) is 3.43. The van der Waals surface area contributed by atoms with Crippen LogP contribution in [0.5, 0.6) is 0 Å². The monoisotopic (exact) mass is 236 g/mol. The molecule has 1 fully saturated rings. The lowest BCUT2D eigenvalue weighted by molar-refractivity contribution is 0.365. The van der Waals surface area contributed by atoms with Crippen molar-refractivity contribution in [2.45, 2.75) is 70.9 Å². The van der Waals surface area contributed by atoms with Crippen molar-refractivity contribution in [2.24, 2.45) is 0 Å². The van der Waals surface area contributed by atoms with Crippen molar-refractivity contribution in [3.63, 3.8) is 0 Å². The summed E-state index contributed by atoms with van der Waals surface area (Å²) in [6, 6.07) is 0. The molecule has 0 amide bonds. The molecule has 0 spiro atoms. The summed E-state index contributed by atoms with van der Waals surface area (Å²) in [7, 11) is 0. The molecule has 0 unspecified atom stereocenters. The first-order valence-corrected chi connectivity index (χ1v) is 6.73. The van der Waals surface area contributed by atoms with E-state index in [4.69, 9.17) is 4.42 Å². The second-order valence-corrected chi connectivity index (χ2v) is 6.10. The van der Waals surface area contributed by atoms with E-state index in [1.165, 1.54) is 32.1 Å². The predicted octanol–water partition coefficient (Wildman–Crippen LogP) is 3.61. The number of nitrogens with one attached hydrogen (secondary N) is 1. The standard InChI is InChI=1S/C14H24N2O/c1-14(2,3)16-9-12-13(17-10-15-12)11-7-5-4-6-8-11/h10-11,16H,4-9H2,1-3H3. The van der Waals surface area contributed by atoms with E-state index in [1.54, 1.807) is 6.39 Å². The number of nitrogens with zero attached hydrogens (tertiary/aromatic N) is 1. The third kappa shape index (κ3) is 3.56. The molecular formula is C14H24N2O. The number of aromatic nitrogens is 1. The second kappa shape index (κ2) is 5.21. The summed E-state index contributed by atoms with van der Waals surface area (Å²) in [5, 5.41) is 3.48. The van der Waals surface area contributed by atoms with Crippen LogP contribution in [0.2, 0.25) is 0 Å². The van der Waals surface area contributed by atoms with Crippen molar-refractivity contribution in [1.82, 2.24) is 10.3 Å². The minimum atomic E-state index is 0.128. The molecule has 1 aliphatic carbocycles. The van der Waals surface area contributed by atoms with Crippen LogP contribution in [-0.2, 0) is 6.54 Å². The summed E-state index contributed by atoms with van der Waals surface area (Å²) in [5.74, 6) is 1.73. The zero-order valence-corrected chi connectivity index (χ0v) is 11.3. The van der Waals surface area contributed by atoms with Crippen LogP contribution in [0, 0.1) is 0 Å². The van der Waals surface area contributed by atoms with Crippen molar-refractivity contribution in [1.29, 1.82) is 0 Å². The molecular weight excluding hydrogens is 212 g/mol. The number of hydrogen-bond acceptors (Lipinski definition) is 3. The zero-order chi connectivity index (χ0) is 12.3. The van der Waals surface area contributed by atoms with Crippen LogP contribution in [0.4, 0.5) is 0 Å². The first-order valence-electron chi connectivity index (χ1n) is 6.73. The Labute approximate surface area is 104 Å². The largest absolute Gasteiger partial charge is 0.448 e. The minimum absolute atomic E-state index is 0.128. The predicted molar refractivity (Wildman–Crippen MR) is 68.9 cm³/mol. The van der Waals surface area contributed by atoms with E-state index in [-0.39, 0.29) is 5.54 Å². The Morgan fingerprint density at radius 2 is 2.00 bits per heavy atom. The molecule has 3 heteroatoms. The highest BCUT2D eigenvalue weighted by molar-refractivity contribution is 5.13. The van der Waals surface area contributed by atoms with E-state index >= 15 is 0 Å². The average Bonchev–Trinajstić information content (AvgIpc) is 2.75. The first kappa shape index (κ1) is 12.6. The molecule has 96 valence electrons. The van der Waals surface area contributed by atoms with Gasteiger partial charge in [0, 0.05) is 18.0 Å². The van der Waals surface area contributed by atoms with Gasteiger partial charge < -0.3 is 9.73 Å². The Hall–Kier alpha value is -0.830. The first-order chi connectivity index (χ1) is 8.06. The molecule has 0 atom stereocenters. The highest BCUT2D eigenvalue weighted by Gasteiger charge is 2.23. The van der Waals surface area contributed by atoms with Crippen molar-refractivity contribution in [3.8, 4) is 0 Å². The lowest BCUT2D eigenvalue weighted by Gasteiger charge is -2.22. The number of rotatable bonds is 3. The Bertz CT molecular complexity index is 345. The van der Waals surface area contributed by atoms with Crippen LogP contribution >= 0.6 is 0 Å². The van der Waals surface area contributed by atoms with Gasteiger partial charge in [0.25, 0.3) is 0 Å². The molecule has 0 radical (unpaired) electrons. The lowest BCUT2D eigenvalue weighted by Crippen LogP contribution is -2.35. The molecule has 0 aliphatic heterocycles. The molecule has 1 heterocycles. The van der Waals surface area contributed by atoms with Crippen molar-refractivity contribution >= 4 is 0 Å². The molecule has 1 N–H and O–H groups in total. The van der Waals surface area contributed by atoms with Crippen LogP contribution in [0.25, 0.3) is 0 Å². The van der Waals surface area contributed by atoms with Gasteiger partial charge in [-0.1, -0.05) is 19.3 Å². The topological polar surface area (TPSA) is 38.1 Å². The Balaban J connectivity index is 2.00. The van der Waals surface area contributed by atoms with Gasteiger partial charge in [0.1, 0.15) is 5.76 Å². The maximum Gasteiger partial charge on any atom is 0.181 e. The molecule has 2 rings (SSSR count). The Morgan fingerprint density at radius 1 is 1.29 bits per heavy atom. The molecule has 3 nitrogen and oxygen atoms in total. The summed E-state index contributed by atoms with van der Waals surface area (Å²) in [5.41, 5.74) is 1.23. The highest BCUT2D eigenvalue weighted by atomic mass is 16.3. The van der Waals surface area contributed by atoms with E-state index in [1.807, 2.05) is 0 Å². The average molecular weight is 236 g/mol. The van der Waals surface area contributed by atoms with Gasteiger partial charge in [-0.05, 0) is 33.6 Å². The fraction of sp³-hybridized carbons (Fsp3) is 0.786. The van der Waals surface area contributed by atoms with Crippen molar-refractivity contribution in [2.75, 3.05) is 0 Å². The molecule has 1 aromatic rings. The summed E-state index contributed by atoms with van der Waals surface area (Å²) in [6.45, 7) is 7.33. The molecule has 1 aromatic heterocycles. The molecule has 17 heavy (non-hydrogen) atoms. The Morgan fingerprint density at radius 3 is 2.65 bits per heavy atom. The van der Waals surface area contributed by atoms with E-state index in [0.717, 1.165) is 18.0 Å². The van der Waals surface area contributed by atoms with Crippen molar-refractivity contribution in [3.05, 3.63) is 17.8 Å². The fourth-order valence-electron chi connectivity index (χ4n) is 2.46. The highest BCUT2D eigenvalue weighted by Crippen LogP contribution is 2.34. The normalized spacial score (nSPS) is 18.5. The quantitative estimate of drug-likeness (QED) is 0.871. The molecule has 0 aromatic carbocycles. The van der Waals surface area contributed by atoms with Gasteiger partial charge in [-0.15, -0.1) is 0 Å². The van der Waals surface area contributed by atoms with E-state index in [0.29, 0.717) is 5.92 Å². The molecule has 0 saturated heterocycles. The third-order valence-corrected chi connectivity index (χ3v) is 3.43. The fourth-order valence-corrected chi connectivity index (χ4v) is 2.46. The number of oxazole rings is 1. The minimum Gasteiger partial charge on any atom is -0.448 e. The van der Waals surface area contributed by atoms with Crippen LogP contribution in [-0.4, -0.2) is 10.5 Å². The maximum absolute atomic E-state index is 5.62. The molecule has 1 saturated carbocycles. The summed E-state index contributed by atoms with van der Waals surface area (Å²) in [4.78, 5) is 4.37. The summed E-state index contributed by atoms with van der Waals surface area (Å²) < 4.78 is 5.62. The van der Waals surface area contributed by atoms with Gasteiger partial charge in [-0.25, -0.2) is 4.98 Å². The second-order valence-electron chi connectivity index (χ2n) is 6.10. The van der Waals surface area contributed by atoms with Crippen LogP contribution in [0.15, 0.2) is 10.8 Å². The smallest absolute Gasteiger partial charge is 0.181 e. The summed E-state index contributed by atoms with van der Waals surface area (Å²) >= 11 is 0. The van der Waals surface area contributed by atoms with Crippen molar-refractivity contribution < 1.29 is 4.42 Å². The van der Waals surface area contributed by atoms with Crippen LogP contribution < -0.4 is 5.32 Å². The van der Waals surface area contributed by atoms with Gasteiger partial charge in [0.2, 0.25) is 0 Å². The van der Waals surface area contributed by atoms with Gasteiger partial charge in [-0.3, -0.25) is 0 Å².